The molecule has 0 saturated heterocycles. The Labute approximate surface area is 103 Å². The van der Waals surface area contributed by atoms with Crippen LogP contribution < -0.4 is 10.6 Å². The molecule has 0 unspecified atom stereocenters. The van der Waals surface area contributed by atoms with E-state index in [1.54, 1.807) is 0 Å². The fraction of sp³-hybridized carbons (Fsp3) is 0.200. The van der Waals surface area contributed by atoms with Gasteiger partial charge in [-0.3, -0.25) is 0 Å². The van der Waals surface area contributed by atoms with Gasteiger partial charge in [0.05, 0.1) is 11.4 Å². The lowest BCUT2D eigenvalue weighted by Crippen LogP contribution is -2.21. The molecule has 2 nitrogen and oxygen atoms in total. The molecule has 0 radical (unpaired) electrons. The summed E-state index contributed by atoms with van der Waals surface area (Å²) in [4.78, 5) is 2.20. The van der Waals surface area contributed by atoms with Gasteiger partial charge >= 0.3 is 0 Å². The van der Waals surface area contributed by atoms with Gasteiger partial charge in [0.25, 0.3) is 0 Å². The van der Waals surface area contributed by atoms with Crippen LogP contribution in [0.15, 0.2) is 54.6 Å². The Morgan fingerprint density at radius 1 is 0.941 bits per heavy atom. The fourth-order valence-corrected chi connectivity index (χ4v) is 1.90. The SMILES string of the molecule is CN(CCc1ccccc1)c1ccccc1N. The van der Waals surface area contributed by atoms with Gasteiger partial charge in [0.2, 0.25) is 0 Å². The molecule has 2 aromatic rings. The Morgan fingerprint density at radius 2 is 1.59 bits per heavy atom. The lowest BCUT2D eigenvalue weighted by molar-refractivity contribution is 0.878. The predicted molar refractivity (Wildman–Crippen MR) is 74.3 cm³/mol. The molecule has 0 amide bonds. The summed E-state index contributed by atoms with van der Waals surface area (Å²) in [6.07, 6.45) is 1.03. The van der Waals surface area contributed by atoms with E-state index < -0.39 is 0 Å². The number of nitrogens with two attached hydrogens (primary N) is 1. The molecule has 0 heterocycles. The Hall–Kier alpha value is -1.96. The van der Waals surface area contributed by atoms with Gasteiger partial charge in [-0.15, -0.1) is 0 Å². The summed E-state index contributed by atoms with van der Waals surface area (Å²) in [5, 5.41) is 0. The van der Waals surface area contributed by atoms with Crippen molar-refractivity contribution in [2.24, 2.45) is 0 Å². The molecule has 88 valence electrons. The van der Waals surface area contributed by atoms with E-state index in [1.807, 2.05) is 24.3 Å². The first-order chi connectivity index (χ1) is 8.27. The average molecular weight is 226 g/mol. The summed E-state index contributed by atoms with van der Waals surface area (Å²) >= 11 is 0. The third-order valence-corrected chi connectivity index (χ3v) is 2.93. The zero-order valence-corrected chi connectivity index (χ0v) is 10.1. The topological polar surface area (TPSA) is 29.3 Å². The number of nitrogens with zero attached hydrogens (tertiary/aromatic N) is 1. The Morgan fingerprint density at radius 3 is 2.29 bits per heavy atom. The third-order valence-electron chi connectivity index (χ3n) is 2.93. The Balaban J connectivity index is 1.99. The number of para-hydroxylation sites is 2. The van der Waals surface area contributed by atoms with Gasteiger partial charge in [0, 0.05) is 13.6 Å². The van der Waals surface area contributed by atoms with Crippen LogP contribution in [0.2, 0.25) is 0 Å². The van der Waals surface area contributed by atoms with Gasteiger partial charge in [-0.05, 0) is 24.1 Å². The average Bonchev–Trinajstić information content (AvgIpc) is 2.38. The molecular formula is C15H18N2. The first-order valence-electron chi connectivity index (χ1n) is 5.87. The minimum absolute atomic E-state index is 0.836. The summed E-state index contributed by atoms with van der Waals surface area (Å²) in [5.41, 5.74) is 9.24. The lowest BCUT2D eigenvalue weighted by Gasteiger charge is -2.20. The van der Waals surface area contributed by atoms with Crippen molar-refractivity contribution < 1.29 is 0 Å². The molecule has 2 rings (SSSR count). The number of nitrogen functional groups attached to an aromatic ring is 1. The van der Waals surface area contributed by atoms with Crippen molar-refractivity contribution in [2.45, 2.75) is 6.42 Å². The number of benzene rings is 2. The number of hydrogen-bond donors (Lipinski definition) is 1. The van der Waals surface area contributed by atoms with Crippen molar-refractivity contribution in [1.82, 2.24) is 0 Å². The summed E-state index contributed by atoms with van der Waals surface area (Å²) < 4.78 is 0. The smallest absolute Gasteiger partial charge is 0.0597 e. The van der Waals surface area contributed by atoms with Crippen molar-refractivity contribution in [3.8, 4) is 0 Å². The van der Waals surface area contributed by atoms with Gasteiger partial charge in [0.1, 0.15) is 0 Å². The maximum absolute atomic E-state index is 5.95. The highest BCUT2D eigenvalue weighted by Crippen LogP contribution is 2.21. The molecule has 0 aliphatic heterocycles. The zero-order chi connectivity index (χ0) is 12.1. The molecule has 0 atom stereocenters. The Kier molecular flexibility index (Phi) is 3.66. The highest BCUT2D eigenvalue weighted by Gasteiger charge is 2.03. The van der Waals surface area contributed by atoms with Crippen LogP contribution in [0.25, 0.3) is 0 Å². The predicted octanol–water partition coefficient (Wildman–Crippen LogP) is 2.95. The summed E-state index contributed by atoms with van der Waals surface area (Å²) in [6.45, 7) is 0.970. The molecular weight excluding hydrogens is 208 g/mol. The van der Waals surface area contributed by atoms with E-state index in [0.29, 0.717) is 0 Å². The monoisotopic (exact) mass is 226 g/mol. The summed E-state index contributed by atoms with van der Waals surface area (Å²) in [6, 6.07) is 18.5. The van der Waals surface area contributed by atoms with Crippen LogP contribution in [0.4, 0.5) is 11.4 Å². The van der Waals surface area contributed by atoms with Gasteiger partial charge < -0.3 is 10.6 Å². The normalized spacial score (nSPS) is 10.2. The standard InChI is InChI=1S/C15H18N2/c1-17(15-10-6-5-9-14(15)16)12-11-13-7-3-2-4-8-13/h2-10H,11-12,16H2,1H3. The van der Waals surface area contributed by atoms with Gasteiger partial charge in [-0.25, -0.2) is 0 Å². The quantitative estimate of drug-likeness (QED) is 0.812. The molecule has 17 heavy (non-hydrogen) atoms. The molecule has 0 fully saturated rings. The van der Waals surface area contributed by atoms with Crippen molar-refractivity contribution in [3.05, 3.63) is 60.2 Å². The number of hydrogen-bond acceptors (Lipinski definition) is 2. The van der Waals surface area contributed by atoms with Crippen LogP contribution in [-0.4, -0.2) is 13.6 Å². The number of rotatable bonds is 4. The van der Waals surface area contributed by atoms with Gasteiger partial charge in [-0.1, -0.05) is 42.5 Å². The van der Waals surface area contributed by atoms with E-state index in [4.69, 9.17) is 5.73 Å². The van der Waals surface area contributed by atoms with E-state index >= 15 is 0 Å². The molecule has 0 bridgehead atoms. The van der Waals surface area contributed by atoms with Gasteiger partial charge in [0.15, 0.2) is 0 Å². The maximum atomic E-state index is 5.95. The summed E-state index contributed by atoms with van der Waals surface area (Å²) in [7, 11) is 2.08. The second-order valence-electron chi connectivity index (χ2n) is 4.22. The fourth-order valence-electron chi connectivity index (χ4n) is 1.90. The molecule has 0 aromatic heterocycles. The molecule has 0 aliphatic carbocycles. The molecule has 0 aliphatic rings. The minimum atomic E-state index is 0.836. The van der Waals surface area contributed by atoms with E-state index in [-0.39, 0.29) is 0 Å². The molecule has 0 saturated carbocycles. The van der Waals surface area contributed by atoms with E-state index in [9.17, 15) is 0 Å². The van der Waals surface area contributed by atoms with Crippen LogP contribution in [0, 0.1) is 0 Å². The van der Waals surface area contributed by atoms with Crippen molar-refractivity contribution in [2.75, 3.05) is 24.2 Å². The second kappa shape index (κ2) is 5.39. The van der Waals surface area contributed by atoms with Crippen LogP contribution in [0.3, 0.4) is 0 Å². The molecule has 0 spiro atoms. The molecule has 2 N–H and O–H groups in total. The van der Waals surface area contributed by atoms with Gasteiger partial charge in [-0.2, -0.15) is 0 Å². The first-order valence-corrected chi connectivity index (χ1v) is 5.87. The van der Waals surface area contributed by atoms with Crippen molar-refractivity contribution >= 4 is 11.4 Å². The summed E-state index contributed by atoms with van der Waals surface area (Å²) in [5.74, 6) is 0. The minimum Gasteiger partial charge on any atom is -0.397 e. The first kappa shape index (κ1) is 11.5. The molecule has 2 heteroatoms. The third kappa shape index (κ3) is 3.00. The van der Waals surface area contributed by atoms with E-state index in [1.165, 1.54) is 5.56 Å². The second-order valence-corrected chi connectivity index (χ2v) is 4.22. The van der Waals surface area contributed by atoms with Crippen LogP contribution in [0.1, 0.15) is 5.56 Å². The van der Waals surface area contributed by atoms with E-state index in [2.05, 4.69) is 42.3 Å². The number of likely N-dealkylation sites (N-methyl/N-ethyl adjacent to an activating group) is 1. The highest BCUT2D eigenvalue weighted by atomic mass is 15.1. The van der Waals surface area contributed by atoms with Crippen LogP contribution in [-0.2, 0) is 6.42 Å². The van der Waals surface area contributed by atoms with Crippen molar-refractivity contribution in [3.63, 3.8) is 0 Å². The number of anilines is 2. The van der Waals surface area contributed by atoms with Crippen molar-refractivity contribution in [1.29, 1.82) is 0 Å². The van der Waals surface area contributed by atoms with E-state index in [0.717, 1.165) is 24.3 Å². The Bertz CT molecular complexity index is 465. The van der Waals surface area contributed by atoms with Crippen LogP contribution >= 0.6 is 0 Å². The highest BCUT2D eigenvalue weighted by molar-refractivity contribution is 5.66. The maximum Gasteiger partial charge on any atom is 0.0597 e. The molecule has 2 aromatic carbocycles. The lowest BCUT2D eigenvalue weighted by atomic mass is 10.1. The zero-order valence-electron chi connectivity index (χ0n) is 10.1. The van der Waals surface area contributed by atoms with Crippen LogP contribution in [0.5, 0.6) is 0 Å². The largest absolute Gasteiger partial charge is 0.397 e.